The van der Waals surface area contributed by atoms with Crippen LogP contribution in [-0.4, -0.2) is 43.2 Å². The highest BCUT2D eigenvalue weighted by molar-refractivity contribution is 5.27. The summed E-state index contributed by atoms with van der Waals surface area (Å²) in [5.41, 5.74) is 1.47. The summed E-state index contributed by atoms with van der Waals surface area (Å²) in [4.78, 5) is 2.46. The third-order valence-electron chi connectivity index (χ3n) is 3.32. The Labute approximate surface area is 110 Å². The summed E-state index contributed by atoms with van der Waals surface area (Å²) < 4.78 is 5.80. The molecule has 0 amide bonds. The zero-order chi connectivity index (χ0) is 13.0. The maximum atomic E-state index is 5.80. The average molecular weight is 248 g/mol. The number of aryl methyl sites for hydroxylation is 1. The first-order chi connectivity index (χ1) is 8.55. The molecule has 1 fully saturated rings. The zero-order valence-corrected chi connectivity index (χ0v) is 11.7. The minimum absolute atomic E-state index is 0.224. The molecule has 1 N–H and O–H groups in total. The van der Waals surface area contributed by atoms with E-state index in [9.17, 15) is 0 Å². The van der Waals surface area contributed by atoms with Crippen LogP contribution < -0.4 is 10.1 Å². The van der Waals surface area contributed by atoms with Crippen molar-refractivity contribution in [3.8, 4) is 5.75 Å². The number of nitrogens with zero attached hydrogens (tertiary/aromatic N) is 1. The van der Waals surface area contributed by atoms with Gasteiger partial charge in [-0.15, -0.1) is 0 Å². The van der Waals surface area contributed by atoms with Crippen molar-refractivity contribution in [2.24, 2.45) is 0 Å². The van der Waals surface area contributed by atoms with E-state index >= 15 is 0 Å². The minimum Gasteiger partial charge on any atom is -0.492 e. The van der Waals surface area contributed by atoms with E-state index in [0.717, 1.165) is 38.5 Å². The highest BCUT2D eigenvalue weighted by atomic mass is 16.5. The minimum atomic E-state index is 0.224. The summed E-state index contributed by atoms with van der Waals surface area (Å²) in [7, 11) is 0. The second-order valence-corrected chi connectivity index (χ2v) is 5.75. The van der Waals surface area contributed by atoms with Gasteiger partial charge in [-0.1, -0.05) is 12.1 Å². The van der Waals surface area contributed by atoms with Crippen LogP contribution in [-0.2, 0) is 0 Å². The van der Waals surface area contributed by atoms with Crippen LogP contribution in [0.4, 0.5) is 0 Å². The molecule has 0 saturated carbocycles. The quantitative estimate of drug-likeness (QED) is 0.882. The molecule has 3 heteroatoms. The zero-order valence-electron chi connectivity index (χ0n) is 11.7. The largest absolute Gasteiger partial charge is 0.492 e. The number of nitrogens with one attached hydrogen (secondary N) is 1. The summed E-state index contributed by atoms with van der Waals surface area (Å²) in [5, 5.41) is 3.52. The molecule has 1 aliphatic heterocycles. The van der Waals surface area contributed by atoms with Crippen molar-refractivity contribution in [3.05, 3.63) is 29.8 Å². The molecule has 0 spiro atoms. The van der Waals surface area contributed by atoms with E-state index in [1.165, 1.54) is 5.56 Å². The van der Waals surface area contributed by atoms with Crippen LogP contribution >= 0.6 is 0 Å². The van der Waals surface area contributed by atoms with Crippen molar-refractivity contribution < 1.29 is 4.74 Å². The summed E-state index contributed by atoms with van der Waals surface area (Å²) in [5.74, 6) is 0.976. The molecule has 2 rings (SSSR count). The van der Waals surface area contributed by atoms with Crippen molar-refractivity contribution in [2.45, 2.75) is 26.3 Å². The lowest BCUT2D eigenvalue weighted by atomic mass is 10.0. The van der Waals surface area contributed by atoms with Gasteiger partial charge in [0.25, 0.3) is 0 Å². The number of benzene rings is 1. The van der Waals surface area contributed by atoms with E-state index < -0.39 is 0 Å². The Balaban J connectivity index is 1.75. The van der Waals surface area contributed by atoms with Crippen LogP contribution in [0.3, 0.4) is 0 Å². The van der Waals surface area contributed by atoms with E-state index in [1.807, 2.05) is 12.1 Å². The second-order valence-electron chi connectivity index (χ2n) is 5.75. The van der Waals surface area contributed by atoms with Gasteiger partial charge >= 0.3 is 0 Å². The second kappa shape index (κ2) is 5.72. The number of hydrogen-bond donors (Lipinski definition) is 1. The van der Waals surface area contributed by atoms with Crippen molar-refractivity contribution in [1.82, 2.24) is 10.2 Å². The smallest absolute Gasteiger partial charge is 0.119 e. The van der Waals surface area contributed by atoms with Crippen molar-refractivity contribution in [3.63, 3.8) is 0 Å². The summed E-state index contributed by atoms with van der Waals surface area (Å²) in [6.07, 6.45) is 0. The number of piperazine rings is 1. The third kappa shape index (κ3) is 4.00. The van der Waals surface area contributed by atoms with E-state index in [2.05, 4.69) is 43.1 Å². The first-order valence-electron chi connectivity index (χ1n) is 6.72. The third-order valence-corrected chi connectivity index (χ3v) is 3.32. The Morgan fingerprint density at radius 1 is 1.39 bits per heavy atom. The van der Waals surface area contributed by atoms with Gasteiger partial charge in [-0.05, 0) is 38.5 Å². The molecule has 1 aliphatic rings. The topological polar surface area (TPSA) is 24.5 Å². The lowest BCUT2D eigenvalue weighted by Gasteiger charge is -2.39. The summed E-state index contributed by atoms with van der Waals surface area (Å²) in [6, 6.07) is 8.24. The van der Waals surface area contributed by atoms with Crippen LogP contribution in [0.15, 0.2) is 24.3 Å². The van der Waals surface area contributed by atoms with Gasteiger partial charge in [0, 0.05) is 31.7 Å². The van der Waals surface area contributed by atoms with Gasteiger partial charge in [0.1, 0.15) is 12.4 Å². The fourth-order valence-electron chi connectivity index (χ4n) is 2.43. The van der Waals surface area contributed by atoms with Gasteiger partial charge in [-0.25, -0.2) is 0 Å². The van der Waals surface area contributed by atoms with E-state index in [-0.39, 0.29) is 5.54 Å². The Hall–Kier alpha value is -1.06. The predicted molar refractivity (Wildman–Crippen MR) is 75.2 cm³/mol. The molecule has 1 heterocycles. The predicted octanol–water partition coefficient (Wildman–Crippen LogP) is 2.06. The molecule has 0 bridgehead atoms. The Bertz CT molecular complexity index is 390. The van der Waals surface area contributed by atoms with Crippen LogP contribution in [0.25, 0.3) is 0 Å². The highest BCUT2D eigenvalue weighted by Gasteiger charge is 2.25. The Morgan fingerprint density at radius 2 is 2.22 bits per heavy atom. The average Bonchev–Trinajstić information content (AvgIpc) is 2.28. The lowest BCUT2D eigenvalue weighted by molar-refractivity contribution is 0.133. The van der Waals surface area contributed by atoms with Crippen molar-refractivity contribution >= 4 is 0 Å². The standard InChI is InChI=1S/C15H24N2O/c1-13-5-4-6-14(11-13)18-10-9-17-8-7-16-15(2,3)12-17/h4-6,11,16H,7-10,12H2,1-3H3. The van der Waals surface area contributed by atoms with Crippen molar-refractivity contribution in [2.75, 3.05) is 32.8 Å². The monoisotopic (exact) mass is 248 g/mol. The normalized spacial score (nSPS) is 19.7. The van der Waals surface area contributed by atoms with Crippen LogP contribution in [0.5, 0.6) is 5.75 Å². The first-order valence-corrected chi connectivity index (χ1v) is 6.72. The molecule has 0 aromatic heterocycles. The maximum absolute atomic E-state index is 5.80. The van der Waals surface area contributed by atoms with Crippen molar-refractivity contribution in [1.29, 1.82) is 0 Å². The van der Waals surface area contributed by atoms with Gasteiger partial charge in [0.15, 0.2) is 0 Å². The van der Waals surface area contributed by atoms with Crippen LogP contribution in [0.2, 0.25) is 0 Å². The molecule has 0 unspecified atom stereocenters. The molecule has 18 heavy (non-hydrogen) atoms. The summed E-state index contributed by atoms with van der Waals surface area (Å²) in [6.45, 7) is 11.6. The Morgan fingerprint density at radius 3 is 2.94 bits per heavy atom. The van der Waals surface area contributed by atoms with E-state index in [4.69, 9.17) is 4.74 Å². The fraction of sp³-hybridized carbons (Fsp3) is 0.600. The SMILES string of the molecule is Cc1cccc(OCCN2CCNC(C)(C)C2)c1. The fourth-order valence-corrected chi connectivity index (χ4v) is 2.43. The maximum Gasteiger partial charge on any atom is 0.119 e. The lowest BCUT2D eigenvalue weighted by Crippen LogP contribution is -2.57. The Kier molecular flexibility index (Phi) is 4.25. The van der Waals surface area contributed by atoms with Gasteiger partial charge in [0.05, 0.1) is 0 Å². The van der Waals surface area contributed by atoms with E-state index in [0.29, 0.717) is 0 Å². The number of hydrogen-bond acceptors (Lipinski definition) is 3. The molecule has 0 atom stereocenters. The van der Waals surface area contributed by atoms with Gasteiger partial charge in [-0.2, -0.15) is 0 Å². The molecular weight excluding hydrogens is 224 g/mol. The highest BCUT2D eigenvalue weighted by Crippen LogP contribution is 2.13. The molecule has 1 aromatic carbocycles. The van der Waals surface area contributed by atoms with E-state index in [1.54, 1.807) is 0 Å². The van der Waals surface area contributed by atoms with Gasteiger partial charge in [-0.3, -0.25) is 4.90 Å². The number of ether oxygens (including phenoxy) is 1. The molecule has 0 radical (unpaired) electrons. The van der Waals surface area contributed by atoms with Gasteiger partial charge in [0.2, 0.25) is 0 Å². The summed E-state index contributed by atoms with van der Waals surface area (Å²) >= 11 is 0. The first kappa shape index (κ1) is 13.4. The molecular formula is C15H24N2O. The molecule has 1 aromatic rings. The van der Waals surface area contributed by atoms with Crippen LogP contribution in [0, 0.1) is 6.92 Å². The molecule has 100 valence electrons. The van der Waals surface area contributed by atoms with Gasteiger partial charge < -0.3 is 10.1 Å². The molecule has 3 nitrogen and oxygen atoms in total. The molecule has 1 saturated heterocycles. The molecule has 0 aliphatic carbocycles. The van der Waals surface area contributed by atoms with Crippen LogP contribution in [0.1, 0.15) is 19.4 Å². The number of rotatable bonds is 4.